The van der Waals surface area contributed by atoms with Crippen molar-refractivity contribution >= 4 is 29.5 Å². The second-order valence-corrected chi connectivity index (χ2v) is 10.3. The molecule has 11 heteroatoms. The Morgan fingerprint density at radius 3 is 2.78 bits per heavy atom. The summed E-state index contributed by atoms with van der Waals surface area (Å²) >= 11 is 0. The molecule has 2 aromatic rings. The SMILES string of the molecule is C=CC(=O)N1CCC[C@@H](Nc2nc(N(N)c3ccc4c(c3)CCN(C(=O)OC(C)(C)C)C4)ncc2F)C1. The number of aromatic nitrogens is 2. The Balaban J connectivity index is 1.46. The zero-order valence-electron chi connectivity index (χ0n) is 21.5. The predicted molar refractivity (Wildman–Crippen MR) is 139 cm³/mol. The molecule has 0 aliphatic carbocycles. The first-order valence-corrected chi connectivity index (χ1v) is 12.4. The number of halogens is 1. The Labute approximate surface area is 216 Å². The number of amides is 2. The van der Waals surface area contributed by atoms with Crippen LogP contribution < -0.4 is 16.2 Å². The fourth-order valence-corrected chi connectivity index (χ4v) is 4.48. The van der Waals surface area contributed by atoms with Gasteiger partial charge < -0.3 is 19.9 Å². The van der Waals surface area contributed by atoms with Gasteiger partial charge in [0.25, 0.3) is 0 Å². The van der Waals surface area contributed by atoms with E-state index in [4.69, 9.17) is 10.6 Å². The predicted octanol–water partition coefficient (Wildman–Crippen LogP) is 3.51. The minimum absolute atomic E-state index is 0.0318. The van der Waals surface area contributed by atoms with Gasteiger partial charge in [0.1, 0.15) is 5.60 Å². The fourth-order valence-electron chi connectivity index (χ4n) is 4.48. The number of hydrazine groups is 1. The molecule has 37 heavy (non-hydrogen) atoms. The Morgan fingerprint density at radius 1 is 1.27 bits per heavy atom. The van der Waals surface area contributed by atoms with E-state index < -0.39 is 11.4 Å². The van der Waals surface area contributed by atoms with E-state index >= 15 is 0 Å². The van der Waals surface area contributed by atoms with Gasteiger partial charge in [0.2, 0.25) is 11.9 Å². The van der Waals surface area contributed by atoms with E-state index in [1.165, 1.54) is 11.1 Å². The highest BCUT2D eigenvalue weighted by molar-refractivity contribution is 5.87. The number of fused-ring (bicyclic) bond motifs is 1. The smallest absolute Gasteiger partial charge is 0.410 e. The number of piperidine rings is 1. The summed E-state index contributed by atoms with van der Waals surface area (Å²) in [5, 5.41) is 4.41. The number of carbonyl (C=O) groups is 2. The van der Waals surface area contributed by atoms with Crippen LogP contribution in [0.2, 0.25) is 0 Å². The molecule has 1 fully saturated rings. The average Bonchev–Trinajstić information content (AvgIpc) is 2.87. The van der Waals surface area contributed by atoms with Crippen LogP contribution in [-0.2, 0) is 22.5 Å². The highest BCUT2D eigenvalue weighted by Crippen LogP contribution is 2.28. The third-order valence-electron chi connectivity index (χ3n) is 6.33. The number of rotatable bonds is 5. The summed E-state index contributed by atoms with van der Waals surface area (Å²) in [4.78, 5) is 36.2. The second kappa shape index (κ2) is 10.7. The molecule has 198 valence electrons. The van der Waals surface area contributed by atoms with Crippen molar-refractivity contribution in [2.24, 2.45) is 5.84 Å². The lowest BCUT2D eigenvalue weighted by Crippen LogP contribution is -2.44. The summed E-state index contributed by atoms with van der Waals surface area (Å²) in [7, 11) is 0. The van der Waals surface area contributed by atoms with Crippen LogP contribution in [-0.4, -0.2) is 63.0 Å². The maximum Gasteiger partial charge on any atom is 0.410 e. The van der Waals surface area contributed by atoms with E-state index in [1.54, 1.807) is 9.80 Å². The molecule has 1 aromatic heterocycles. The Bertz CT molecular complexity index is 1180. The molecule has 2 amide bonds. The molecular formula is C26H34FN7O3. The van der Waals surface area contributed by atoms with Crippen molar-refractivity contribution < 1.29 is 18.7 Å². The highest BCUT2D eigenvalue weighted by atomic mass is 19.1. The Kier molecular flexibility index (Phi) is 7.63. The number of carbonyl (C=O) groups excluding carboxylic acids is 2. The van der Waals surface area contributed by atoms with E-state index in [-0.39, 0.29) is 29.8 Å². The number of benzene rings is 1. The number of nitrogens with zero attached hydrogens (tertiary/aromatic N) is 5. The van der Waals surface area contributed by atoms with Crippen LogP contribution >= 0.6 is 0 Å². The average molecular weight is 512 g/mol. The van der Waals surface area contributed by atoms with Crippen molar-refractivity contribution in [1.29, 1.82) is 0 Å². The van der Waals surface area contributed by atoms with E-state index in [0.717, 1.165) is 30.2 Å². The van der Waals surface area contributed by atoms with Crippen LogP contribution in [0.1, 0.15) is 44.7 Å². The molecule has 3 N–H and O–H groups in total. The van der Waals surface area contributed by atoms with E-state index in [1.807, 2.05) is 39.0 Å². The molecule has 1 atom stereocenters. The summed E-state index contributed by atoms with van der Waals surface area (Å²) in [6.07, 6.45) is 4.24. The Morgan fingerprint density at radius 2 is 2.05 bits per heavy atom. The minimum Gasteiger partial charge on any atom is -0.444 e. The molecule has 0 spiro atoms. The van der Waals surface area contributed by atoms with Gasteiger partial charge >= 0.3 is 6.09 Å². The summed E-state index contributed by atoms with van der Waals surface area (Å²) in [5.74, 6) is 5.75. The van der Waals surface area contributed by atoms with Crippen molar-refractivity contribution in [2.45, 2.75) is 58.2 Å². The molecule has 1 aromatic carbocycles. The number of likely N-dealkylation sites (tertiary alicyclic amines) is 1. The molecule has 0 radical (unpaired) electrons. The summed E-state index contributed by atoms with van der Waals surface area (Å²) in [6, 6.07) is 5.51. The second-order valence-electron chi connectivity index (χ2n) is 10.3. The van der Waals surface area contributed by atoms with Crippen LogP contribution in [0.15, 0.2) is 37.1 Å². The minimum atomic E-state index is -0.600. The molecule has 0 bridgehead atoms. The first-order chi connectivity index (χ1) is 17.5. The monoisotopic (exact) mass is 511 g/mol. The third-order valence-corrected chi connectivity index (χ3v) is 6.33. The molecule has 0 unspecified atom stereocenters. The van der Waals surface area contributed by atoms with E-state index in [2.05, 4.69) is 21.9 Å². The van der Waals surface area contributed by atoms with Gasteiger partial charge in [-0.25, -0.2) is 25.0 Å². The van der Waals surface area contributed by atoms with Crippen LogP contribution in [0.4, 0.5) is 26.6 Å². The number of nitrogens with two attached hydrogens (primary N) is 1. The van der Waals surface area contributed by atoms with Gasteiger partial charge in [-0.15, -0.1) is 0 Å². The number of hydrogen-bond acceptors (Lipinski definition) is 8. The van der Waals surface area contributed by atoms with E-state index in [0.29, 0.717) is 38.3 Å². The van der Waals surface area contributed by atoms with Gasteiger partial charge in [0.05, 0.1) is 11.9 Å². The van der Waals surface area contributed by atoms with Gasteiger partial charge in [-0.05, 0) is 69.4 Å². The summed E-state index contributed by atoms with van der Waals surface area (Å²) in [5.41, 5.74) is 2.15. The maximum absolute atomic E-state index is 14.6. The van der Waals surface area contributed by atoms with Gasteiger partial charge in [0.15, 0.2) is 11.6 Å². The van der Waals surface area contributed by atoms with Crippen LogP contribution in [0.5, 0.6) is 0 Å². The molecule has 1 saturated heterocycles. The molecular weight excluding hydrogens is 477 g/mol. The fraction of sp³-hybridized carbons (Fsp3) is 0.462. The normalized spacial score (nSPS) is 17.6. The topological polar surface area (TPSA) is 117 Å². The lowest BCUT2D eigenvalue weighted by Gasteiger charge is -2.33. The zero-order chi connectivity index (χ0) is 26.7. The van der Waals surface area contributed by atoms with Gasteiger partial charge in [-0.1, -0.05) is 12.6 Å². The highest BCUT2D eigenvalue weighted by Gasteiger charge is 2.27. The van der Waals surface area contributed by atoms with Crippen molar-refractivity contribution in [3.63, 3.8) is 0 Å². The molecule has 0 saturated carbocycles. The lowest BCUT2D eigenvalue weighted by molar-refractivity contribution is -0.127. The summed E-state index contributed by atoms with van der Waals surface area (Å²) < 4.78 is 20.0. The number of anilines is 3. The quantitative estimate of drug-likeness (QED) is 0.356. The van der Waals surface area contributed by atoms with Crippen LogP contribution in [0.25, 0.3) is 0 Å². The van der Waals surface area contributed by atoms with Crippen molar-refractivity contribution in [3.05, 3.63) is 54.0 Å². The van der Waals surface area contributed by atoms with Gasteiger partial charge in [-0.3, -0.25) is 4.79 Å². The Hall–Kier alpha value is -3.73. The third kappa shape index (κ3) is 6.34. The van der Waals surface area contributed by atoms with Crippen molar-refractivity contribution in [3.8, 4) is 0 Å². The van der Waals surface area contributed by atoms with Crippen LogP contribution in [0.3, 0.4) is 0 Å². The lowest BCUT2D eigenvalue weighted by atomic mass is 9.99. The largest absolute Gasteiger partial charge is 0.444 e. The van der Waals surface area contributed by atoms with Crippen molar-refractivity contribution in [1.82, 2.24) is 19.8 Å². The first-order valence-electron chi connectivity index (χ1n) is 12.4. The van der Waals surface area contributed by atoms with E-state index in [9.17, 15) is 14.0 Å². The molecule has 3 heterocycles. The van der Waals surface area contributed by atoms with Crippen LogP contribution in [0, 0.1) is 5.82 Å². The number of ether oxygens (including phenoxy) is 1. The number of hydrogen-bond donors (Lipinski definition) is 2. The summed E-state index contributed by atoms with van der Waals surface area (Å²) in [6.45, 7) is 11.1. The van der Waals surface area contributed by atoms with Gasteiger partial charge in [0, 0.05) is 32.2 Å². The number of nitrogens with one attached hydrogen (secondary N) is 1. The van der Waals surface area contributed by atoms with Gasteiger partial charge in [-0.2, -0.15) is 4.98 Å². The molecule has 10 nitrogen and oxygen atoms in total. The molecule has 4 rings (SSSR count). The maximum atomic E-state index is 14.6. The molecule has 2 aliphatic heterocycles. The standard InChI is InChI=1S/C26H34FN7O3/c1-5-22(35)32-11-6-7-19(16-32)30-23-21(27)14-29-24(31-23)34(28)20-9-8-18-15-33(12-10-17(18)13-20)25(36)37-26(2,3)4/h5,8-9,13-14,19H,1,6-7,10-12,15-16,28H2,2-4H3,(H,29,30,31)/t19-/m1/s1. The molecule has 2 aliphatic rings. The van der Waals surface area contributed by atoms with Crippen molar-refractivity contribution in [2.75, 3.05) is 30.0 Å². The zero-order valence-corrected chi connectivity index (χ0v) is 21.5. The first kappa shape index (κ1) is 26.3.